The zero-order valence-electron chi connectivity index (χ0n) is 9.71. The molecule has 7 heteroatoms. The van der Waals surface area contributed by atoms with Crippen LogP contribution in [-0.2, 0) is 16.0 Å². The minimum atomic E-state index is -4.79. The fourth-order valence-corrected chi connectivity index (χ4v) is 1.27. The Labute approximate surface area is 101 Å². The highest BCUT2D eigenvalue weighted by Gasteiger charge is 2.32. The summed E-state index contributed by atoms with van der Waals surface area (Å²) in [6, 6.07) is 3.71. The number of hydrogen-bond acceptors (Lipinski definition) is 4. The van der Waals surface area contributed by atoms with Crippen molar-refractivity contribution in [2.45, 2.75) is 12.8 Å². The van der Waals surface area contributed by atoms with Gasteiger partial charge in [0.2, 0.25) is 0 Å². The number of hydrogen-bond donors (Lipinski definition) is 0. The highest BCUT2D eigenvalue weighted by Crippen LogP contribution is 2.32. The molecule has 100 valence electrons. The number of carbonyl (C=O) groups excluding carboxylic acids is 1. The Hall–Kier alpha value is -1.92. The third-order valence-electron chi connectivity index (χ3n) is 2.03. The van der Waals surface area contributed by atoms with E-state index < -0.39 is 18.1 Å². The lowest BCUT2D eigenvalue weighted by Gasteiger charge is -2.13. The van der Waals surface area contributed by atoms with Gasteiger partial charge in [-0.15, -0.1) is 13.2 Å². The van der Waals surface area contributed by atoms with E-state index in [1.54, 1.807) is 0 Å². The summed E-state index contributed by atoms with van der Waals surface area (Å²) in [5.41, 5.74) is 0.466. The van der Waals surface area contributed by atoms with Gasteiger partial charge in [0.15, 0.2) is 11.5 Å². The molecule has 0 saturated heterocycles. The van der Waals surface area contributed by atoms with E-state index in [-0.39, 0.29) is 12.2 Å². The molecule has 0 N–H and O–H groups in total. The van der Waals surface area contributed by atoms with Gasteiger partial charge < -0.3 is 14.2 Å². The van der Waals surface area contributed by atoms with Crippen molar-refractivity contribution in [2.75, 3.05) is 14.2 Å². The Morgan fingerprint density at radius 3 is 2.39 bits per heavy atom. The fourth-order valence-electron chi connectivity index (χ4n) is 1.27. The molecule has 1 aromatic carbocycles. The topological polar surface area (TPSA) is 44.8 Å². The number of methoxy groups -OCH3 is 2. The second kappa shape index (κ2) is 5.61. The molecular formula is C11H11F3O4. The highest BCUT2D eigenvalue weighted by molar-refractivity contribution is 5.72. The molecule has 0 aromatic heterocycles. The predicted molar refractivity (Wildman–Crippen MR) is 55.4 cm³/mol. The second-order valence-corrected chi connectivity index (χ2v) is 3.29. The molecule has 18 heavy (non-hydrogen) atoms. The molecule has 1 aromatic rings. The maximum absolute atomic E-state index is 12.1. The van der Waals surface area contributed by atoms with Crippen LogP contribution in [0.2, 0.25) is 0 Å². The lowest BCUT2D eigenvalue weighted by atomic mass is 10.1. The first kappa shape index (κ1) is 14.1. The van der Waals surface area contributed by atoms with Crippen molar-refractivity contribution in [1.29, 1.82) is 0 Å². The van der Waals surface area contributed by atoms with Crippen LogP contribution in [0.5, 0.6) is 11.5 Å². The summed E-state index contributed by atoms with van der Waals surface area (Å²) >= 11 is 0. The van der Waals surface area contributed by atoms with Crippen molar-refractivity contribution in [2.24, 2.45) is 0 Å². The van der Waals surface area contributed by atoms with Gasteiger partial charge in [0.1, 0.15) is 0 Å². The summed E-state index contributed by atoms with van der Waals surface area (Å²) < 4.78 is 49.2. The van der Waals surface area contributed by atoms with E-state index in [1.807, 2.05) is 0 Å². The Balaban J connectivity index is 2.93. The third-order valence-corrected chi connectivity index (χ3v) is 2.03. The van der Waals surface area contributed by atoms with Gasteiger partial charge in [0.05, 0.1) is 20.6 Å². The molecule has 0 bridgehead atoms. The van der Waals surface area contributed by atoms with Crippen LogP contribution < -0.4 is 9.47 Å². The van der Waals surface area contributed by atoms with Gasteiger partial charge in [-0.2, -0.15) is 0 Å². The Morgan fingerprint density at radius 1 is 1.22 bits per heavy atom. The number of ether oxygens (including phenoxy) is 3. The van der Waals surface area contributed by atoms with Crippen LogP contribution in [0.1, 0.15) is 5.56 Å². The quantitative estimate of drug-likeness (QED) is 0.783. The minimum Gasteiger partial charge on any atom is -0.493 e. The largest absolute Gasteiger partial charge is 0.573 e. The van der Waals surface area contributed by atoms with Crippen molar-refractivity contribution >= 4 is 5.97 Å². The smallest absolute Gasteiger partial charge is 0.493 e. The second-order valence-electron chi connectivity index (χ2n) is 3.29. The molecule has 1 rings (SSSR count). The molecule has 0 saturated carbocycles. The molecule has 0 spiro atoms. The summed E-state index contributed by atoms with van der Waals surface area (Å²) in [6.07, 6.45) is -4.85. The monoisotopic (exact) mass is 264 g/mol. The van der Waals surface area contributed by atoms with Crippen LogP contribution >= 0.6 is 0 Å². The number of benzene rings is 1. The van der Waals surface area contributed by atoms with Crippen LogP contribution in [0.25, 0.3) is 0 Å². The molecule has 0 unspecified atom stereocenters. The van der Waals surface area contributed by atoms with E-state index in [9.17, 15) is 18.0 Å². The van der Waals surface area contributed by atoms with E-state index in [4.69, 9.17) is 4.74 Å². The van der Waals surface area contributed by atoms with Gasteiger partial charge in [-0.25, -0.2) is 0 Å². The average molecular weight is 264 g/mol. The van der Waals surface area contributed by atoms with E-state index in [0.717, 1.165) is 6.07 Å². The first-order valence-electron chi connectivity index (χ1n) is 4.85. The molecular weight excluding hydrogens is 253 g/mol. The molecule has 4 nitrogen and oxygen atoms in total. The van der Waals surface area contributed by atoms with Crippen molar-refractivity contribution in [3.8, 4) is 11.5 Å². The third kappa shape index (κ3) is 4.15. The van der Waals surface area contributed by atoms with Gasteiger partial charge in [-0.3, -0.25) is 4.79 Å². The fraction of sp³-hybridized carbons (Fsp3) is 0.364. The average Bonchev–Trinajstić information content (AvgIpc) is 2.29. The number of carbonyl (C=O) groups is 1. The molecule has 0 radical (unpaired) electrons. The normalized spacial score (nSPS) is 10.9. The first-order chi connectivity index (χ1) is 8.35. The number of halogens is 3. The minimum absolute atomic E-state index is 0.0564. The Kier molecular flexibility index (Phi) is 4.41. The van der Waals surface area contributed by atoms with Crippen molar-refractivity contribution in [1.82, 2.24) is 0 Å². The lowest BCUT2D eigenvalue weighted by Crippen LogP contribution is -2.17. The number of esters is 1. The zero-order chi connectivity index (χ0) is 13.8. The summed E-state index contributed by atoms with van der Waals surface area (Å²) in [7, 11) is 2.43. The molecule has 0 atom stereocenters. The SMILES string of the molecule is COC(=O)Cc1ccc(OC(F)(F)F)c(OC)c1. The maximum Gasteiger partial charge on any atom is 0.573 e. The predicted octanol–water partition coefficient (Wildman–Crippen LogP) is 2.31. The lowest BCUT2D eigenvalue weighted by molar-refractivity contribution is -0.275. The van der Waals surface area contributed by atoms with Gasteiger partial charge in [0, 0.05) is 0 Å². The van der Waals surface area contributed by atoms with Crippen LogP contribution in [0.3, 0.4) is 0 Å². The van der Waals surface area contributed by atoms with Crippen molar-refractivity contribution in [3.63, 3.8) is 0 Å². The van der Waals surface area contributed by atoms with Gasteiger partial charge >= 0.3 is 12.3 Å². The van der Waals surface area contributed by atoms with E-state index in [0.29, 0.717) is 5.56 Å². The maximum atomic E-state index is 12.1. The van der Waals surface area contributed by atoms with E-state index in [2.05, 4.69) is 9.47 Å². The number of rotatable bonds is 4. The molecule has 0 aliphatic carbocycles. The summed E-state index contributed by atoms with van der Waals surface area (Å²) in [6.45, 7) is 0. The van der Waals surface area contributed by atoms with Crippen molar-refractivity contribution < 1.29 is 32.2 Å². The van der Waals surface area contributed by atoms with E-state index in [1.165, 1.54) is 26.4 Å². The van der Waals surface area contributed by atoms with Crippen LogP contribution in [0.15, 0.2) is 18.2 Å². The molecule has 0 heterocycles. The molecule has 0 aliphatic heterocycles. The summed E-state index contributed by atoms with van der Waals surface area (Å²) in [4.78, 5) is 11.0. The Bertz CT molecular complexity index is 429. The van der Waals surface area contributed by atoms with Crippen LogP contribution in [0.4, 0.5) is 13.2 Å². The first-order valence-corrected chi connectivity index (χ1v) is 4.85. The van der Waals surface area contributed by atoms with Gasteiger partial charge in [-0.05, 0) is 17.7 Å². The standard InChI is InChI=1S/C11H11F3O4/c1-16-9-5-7(6-10(15)17-2)3-4-8(9)18-11(12,13)14/h3-5H,6H2,1-2H3. The summed E-state index contributed by atoms with van der Waals surface area (Å²) in [5, 5.41) is 0. The molecule has 0 aliphatic rings. The zero-order valence-corrected chi connectivity index (χ0v) is 9.71. The van der Waals surface area contributed by atoms with Gasteiger partial charge in [0.25, 0.3) is 0 Å². The van der Waals surface area contributed by atoms with Crippen LogP contribution in [0, 0.1) is 0 Å². The van der Waals surface area contributed by atoms with Crippen molar-refractivity contribution in [3.05, 3.63) is 23.8 Å². The highest BCUT2D eigenvalue weighted by atomic mass is 19.4. The summed E-state index contributed by atoms with van der Waals surface area (Å²) in [5.74, 6) is -1.06. The molecule has 0 fully saturated rings. The number of alkyl halides is 3. The van der Waals surface area contributed by atoms with E-state index >= 15 is 0 Å². The van der Waals surface area contributed by atoms with Crippen LogP contribution in [-0.4, -0.2) is 26.6 Å². The Morgan fingerprint density at radius 2 is 1.89 bits per heavy atom. The molecule has 0 amide bonds. The van der Waals surface area contributed by atoms with Gasteiger partial charge in [-0.1, -0.05) is 6.07 Å².